The molecule has 0 aromatic heterocycles. The quantitative estimate of drug-likeness (QED) is 0.746. The average Bonchev–Trinajstić information content (AvgIpc) is 2.68. The first kappa shape index (κ1) is 20.4. The molecule has 1 fully saturated rings. The molecule has 3 nitrogen and oxygen atoms in total. The standard InChI is InChI=1S/C22H25F3N2O/c1-26(14-17-6-3-2-4-7-17)21(28)19-8-5-13-27(16-19)15-18-9-11-20(12-10-18)22(23,24)25/h2-4,6-7,9-12,19H,5,8,13-16H2,1H3/t19-/m1/s1. The fourth-order valence-electron chi connectivity index (χ4n) is 3.70. The number of likely N-dealkylation sites (tertiary alicyclic amines) is 1. The summed E-state index contributed by atoms with van der Waals surface area (Å²) in [5.41, 5.74) is 1.29. The Morgan fingerprint density at radius 3 is 2.39 bits per heavy atom. The third kappa shape index (κ3) is 5.35. The van der Waals surface area contributed by atoms with Gasteiger partial charge in [-0.15, -0.1) is 0 Å². The first-order chi connectivity index (χ1) is 13.3. The van der Waals surface area contributed by atoms with Crippen LogP contribution in [0.4, 0.5) is 13.2 Å². The van der Waals surface area contributed by atoms with Crippen molar-refractivity contribution in [2.24, 2.45) is 5.92 Å². The highest BCUT2D eigenvalue weighted by Crippen LogP contribution is 2.29. The summed E-state index contributed by atoms with van der Waals surface area (Å²) >= 11 is 0. The molecule has 2 aromatic carbocycles. The number of rotatable bonds is 5. The van der Waals surface area contributed by atoms with E-state index in [1.54, 1.807) is 4.90 Å². The SMILES string of the molecule is CN(Cc1ccccc1)C(=O)[C@@H]1CCCN(Cc2ccc(C(F)(F)F)cc2)C1. The highest BCUT2D eigenvalue weighted by molar-refractivity contribution is 5.78. The zero-order valence-corrected chi connectivity index (χ0v) is 16.0. The normalized spacial score (nSPS) is 18.1. The summed E-state index contributed by atoms with van der Waals surface area (Å²) in [6.07, 6.45) is -2.55. The molecule has 6 heteroatoms. The summed E-state index contributed by atoms with van der Waals surface area (Å²) < 4.78 is 38.1. The zero-order chi connectivity index (χ0) is 20.1. The van der Waals surface area contributed by atoms with Gasteiger partial charge in [0.1, 0.15) is 0 Å². The van der Waals surface area contributed by atoms with Crippen LogP contribution in [0.25, 0.3) is 0 Å². The molecule has 0 aliphatic carbocycles. The molecule has 1 aliphatic heterocycles. The lowest BCUT2D eigenvalue weighted by molar-refractivity contribution is -0.138. The van der Waals surface area contributed by atoms with E-state index in [0.29, 0.717) is 19.6 Å². The van der Waals surface area contributed by atoms with Crippen LogP contribution in [-0.4, -0.2) is 35.8 Å². The van der Waals surface area contributed by atoms with Crippen LogP contribution in [0.3, 0.4) is 0 Å². The fourth-order valence-corrected chi connectivity index (χ4v) is 3.70. The Bertz CT molecular complexity index is 775. The minimum Gasteiger partial charge on any atom is -0.341 e. The molecule has 2 aromatic rings. The monoisotopic (exact) mass is 390 g/mol. The highest BCUT2D eigenvalue weighted by atomic mass is 19.4. The first-order valence-corrected chi connectivity index (χ1v) is 9.50. The molecule has 28 heavy (non-hydrogen) atoms. The second-order valence-electron chi connectivity index (χ2n) is 7.45. The second-order valence-corrected chi connectivity index (χ2v) is 7.45. The van der Waals surface area contributed by atoms with Crippen molar-refractivity contribution in [1.82, 2.24) is 9.80 Å². The van der Waals surface area contributed by atoms with Crippen LogP contribution in [0.15, 0.2) is 54.6 Å². The van der Waals surface area contributed by atoms with E-state index >= 15 is 0 Å². The van der Waals surface area contributed by atoms with E-state index in [1.165, 1.54) is 12.1 Å². The molecule has 3 rings (SSSR count). The molecule has 0 N–H and O–H groups in total. The van der Waals surface area contributed by atoms with Crippen LogP contribution in [0.1, 0.15) is 29.5 Å². The van der Waals surface area contributed by atoms with Gasteiger partial charge >= 0.3 is 6.18 Å². The third-order valence-corrected chi connectivity index (χ3v) is 5.18. The Balaban J connectivity index is 1.56. The van der Waals surface area contributed by atoms with E-state index in [1.807, 2.05) is 37.4 Å². The van der Waals surface area contributed by atoms with E-state index in [2.05, 4.69) is 4.90 Å². The van der Waals surface area contributed by atoms with Crippen molar-refractivity contribution in [3.63, 3.8) is 0 Å². The predicted molar refractivity (Wildman–Crippen MR) is 102 cm³/mol. The number of hydrogen-bond donors (Lipinski definition) is 0. The smallest absolute Gasteiger partial charge is 0.341 e. The van der Waals surface area contributed by atoms with Gasteiger partial charge in [-0.1, -0.05) is 42.5 Å². The Hall–Kier alpha value is -2.34. The van der Waals surface area contributed by atoms with Crippen LogP contribution in [0, 0.1) is 5.92 Å². The largest absolute Gasteiger partial charge is 0.416 e. The van der Waals surface area contributed by atoms with E-state index in [9.17, 15) is 18.0 Å². The van der Waals surface area contributed by atoms with Gasteiger partial charge in [-0.3, -0.25) is 9.69 Å². The number of piperidine rings is 1. The lowest BCUT2D eigenvalue weighted by atomic mass is 9.96. The zero-order valence-electron chi connectivity index (χ0n) is 16.0. The molecular weight excluding hydrogens is 365 g/mol. The van der Waals surface area contributed by atoms with E-state index in [-0.39, 0.29) is 11.8 Å². The van der Waals surface area contributed by atoms with Gasteiger partial charge < -0.3 is 4.90 Å². The Morgan fingerprint density at radius 1 is 1.07 bits per heavy atom. The number of amides is 1. The Morgan fingerprint density at radius 2 is 1.75 bits per heavy atom. The molecule has 0 saturated carbocycles. The summed E-state index contributed by atoms with van der Waals surface area (Å²) in [6, 6.07) is 15.2. The molecule has 0 unspecified atom stereocenters. The molecule has 1 amide bonds. The summed E-state index contributed by atoms with van der Waals surface area (Å²) in [7, 11) is 1.82. The number of hydrogen-bond acceptors (Lipinski definition) is 2. The van der Waals surface area contributed by atoms with Gasteiger partial charge in [-0.2, -0.15) is 13.2 Å². The maximum absolute atomic E-state index is 12.8. The van der Waals surface area contributed by atoms with Crippen molar-refractivity contribution < 1.29 is 18.0 Å². The van der Waals surface area contributed by atoms with Crippen molar-refractivity contribution in [2.75, 3.05) is 20.1 Å². The van der Waals surface area contributed by atoms with Gasteiger partial charge in [0.2, 0.25) is 5.91 Å². The third-order valence-electron chi connectivity index (χ3n) is 5.18. The predicted octanol–water partition coefficient (Wildman–Crippen LogP) is 4.58. The number of nitrogens with zero attached hydrogens (tertiary/aromatic N) is 2. The molecule has 1 atom stereocenters. The number of carbonyl (C=O) groups excluding carboxylic acids is 1. The van der Waals surface area contributed by atoms with E-state index < -0.39 is 11.7 Å². The van der Waals surface area contributed by atoms with Crippen molar-refractivity contribution in [3.8, 4) is 0 Å². The van der Waals surface area contributed by atoms with Crippen LogP contribution in [-0.2, 0) is 24.1 Å². The fraction of sp³-hybridized carbons (Fsp3) is 0.409. The topological polar surface area (TPSA) is 23.6 Å². The summed E-state index contributed by atoms with van der Waals surface area (Å²) in [4.78, 5) is 16.8. The summed E-state index contributed by atoms with van der Waals surface area (Å²) in [5, 5.41) is 0. The van der Waals surface area contributed by atoms with Crippen LogP contribution in [0.5, 0.6) is 0 Å². The lowest BCUT2D eigenvalue weighted by Crippen LogP contribution is -2.43. The van der Waals surface area contributed by atoms with Crippen molar-refractivity contribution in [3.05, 3.63) is 71.3 Å². The van der Waals surface area contributed by atoms with Crippen LogP contribution >= 0.6 is 0 Å². The second kappa shape index (κ2) is 8.78. The minimum atomic E-state index is -4.31. The van der Waals surface area contributed by atoms with E-state index in [4.69, 9.17) is 0 Å². The summed E-state index contributed by atoms with van der Waals surface area (Å²) in [6.45, 7) is 2.63. The number of carbonyl (C=O) groups is 1. The van der Waals surface area contributed by atoms with Crippen molar-refractivity contribution in [1.29, 1.82) is 0 Å². The Kier molecular flexibility index (Phi) is 6.39. The van der Waals surface area contributed by atoms with Gasteiger partial charge in [0.15, 0.2) is 0 Å². The summed E-state index contributed by atoms with van der Waals surface area (Å²) in [5.74, 6) is 0.0536. The molecule has 150 valence electrons. The minimum absolute atomic E-state index is 0.0723. The van der Waals surface area contributed by atoms with Gasteiger partial charge in [-0.25, -0.2) is 0 Å². The van der Waals surface area contributed by atoms with Gasteiger partial charge in [0.25, 0.3) is 0 Å². The molecule has 1 heterocycles. The van der Waals surface area contributed by atoms with Crippen LogP contribution in [0.2, 0.25) is 0 Å². The van der Waals surface area contributed by atoms with Crippen LogP contribution < -0.4 is 0 Å². The number of alkyl halides is 3. The van der Waals surface area contributed by atoms with E-state index in [0.717, 1.165) is 42.6 Å². The highest BCUT2D eigenvalue weighted by Gasteiger charge is 2.30. The first-order valence-electron chi connectivity index (χ1n) is 9.50. The maximum Gasteiger partial charge on any atom is 0.416 e. The Labute approximate surface area is 163 Å². The number of benzene rings is 2. The van der Waals surface area contributed by atoms with Crippen molar-refractivity contribution >= 4 is 5.91 Å². The molecule has 0 bridgehead atoms. The molecule has 1 aliphatic rings. The molecular formula is C22H25F3N2O. The maximum atomic E-state index is 12.8. The number of halogens is 3. The molecule has 0 spiro atoms. The lowest BCUT2D eigenvalue weighted by Gasteiger charge is -2.34. The van der Waals surface area contributed by atoms with Crippen molar-refractivity contribution in [2.45, 2.75) is 32.1 Å². The average molecular weight is 390 g/mol. The molecule has 1 saturated heterocycles. The van der Waals surface area contributed by atoms with Gasteiger partial charge in [0, 0.05) is 26.7 Å². The van der Waals surface area contributed by atoms with Gasteiger partial charge in [0.05, 0.1) is 11.5 Å². The molecule has 0 radical (unpaired) electrons. The van der Waals surface area contributed by atoms with Gasteiger partial charge in [-0.05, 0) is 42.6 Å².